The van der Waals surface area contributed by atoms with Crippen LogP contribution in [0.1, 0.15) is 0 Å². The zero-order valence-corrected chi connectivity index (χ0v) is 6.32. The number of nitrogens with zero attached hydrogens (tertiary/aromatic N) is 1. The maximum atomic E-state index is 10.6. The molecule has 3 heteroatoms. The zero-order valence-electron chi connectivity index (χ0n) is 6.32. The highest BCUT2D eigenvalue weighted by molar-refractivity contribution is 5.81. The van der Waals surface area contributed by atoms with Crippen molar-refractivity contribution in [3.63, 3.8) is 0 Å². The SMILES string of the molecule is C=CCN1CC1OC(=O)C=C. The fourth-order valence-corrected chi connectivity index (χ4v) is 0.805. The largest absolute Gasteiger partial charge is 0.442 e. The van der Waals surface area contributed by atoms with E-state index in [1.54, 1.807) is 6.08 Å². The highest BCUT2D eigenvalue weighted by atomic mass is 16.6. The van der Waals surface area contributed by atoms with Crippen molar-refractivity contribution in [3.05, 3.63) is 25.3 Å². The Balaban J connectivity index is 2.17. The van der Waals surface area contributed by atoms with Crippen LogP contribution in [0.2, 0.25) is 0 Å². The van der Waals surface area contributed by atoms with Crippen LogP contribution >= 0.6 is 0 Å². The molecule has 2 atom stereocenters. The van der Waals surface area contributed by atoms with E-state index in [-0.39, 0.29) is 12.2 Å². The van der Waals surface area contributed by atoms with Crippen LogP contribution < -0.4 is 0 Å². The first-order valence-electron chi connectivity index (χ1n) is 3.46. The van der Waals surface area contributed by atoms with Gasteiger partial charge in [0.1, 0.15) is 0 Å². The Morgan fingerprint density at radius 3 is 3.00 bits per heavy atom. The molecule has 11 heavy (non-hydrogen) atoms. The van der Waals surface area contributed by atoms with Gasteiger partial charge in [-0.05, 0) is 0 Å². The van der Waals surface area contributed by atoms with Crippen molar-refractivity contribution in [1.82, 2.24) is 4.90 Å². The molecule has 1 rings (SSSR count). The second-order valence-electron chi connectivity index (χ2n) is 2.34. The van der Waals surface area contributed by atoms with Crippen molar-refractivity contribution in [3.8, 4) is 0 Å². The average Bonchev–Trinajstić information content (AvgIpc) is 2.69. The van der Waals surface area contributed by atoms with Crippen molar-refractivity contribution >= 4 is 5.97 Å². The summed E-state index contributed by atoms with van der Waals surface area (Å²) in [5, 5.41) is 0. The Bertz CT molecular complexity index is 189. The molecule has 0 N–H and O–H groups in total. The van der Waals surface area contributed by atoms with Crippen molar-refractivity contribution in [1.29, 1.82) is 0 Å². The van der Waals surface area contributed by atoms with Gasteiger partial charge in [0.25, 0.3) is 0 Å². The number of hydrogen-bond acceptors (Lipinski definition) is 3. The molecular formula is C8H11NO2. The van der Waals surface area contributed by atoms with E-state index in [9.17, 15) is 4.79 Å². The topological polar surface area (TPSA) is 29.3 Å². The van der Waals surface area contributed by atoms with Gasteiger partial charge in [0.2, 0.25) is 0 Å². The van der Waals surface area contributed by atoms with E-state index < -0.39 is 0 Å². The number of esters is 1. The lowest BCUT2D eigenvalue weighted by Gasteiger charge is -1.99. The minimum atomic E-state index is -0.360. The van der Waals surface area contributed by atoms with Gasteiger partial charge in [0, 0.05) is 12.6 Å². The molecule has 1 heterocycles. The number of rotatable bonds is 4. The first-order valence-corrected chi connectivity index (χ1v) is 3.46. The molecule has 2 unspecified atom stereocenters. The van der Waals surface area contributed by atoms with E-state index in [1.807, 2.05) is 4.90 Å². The molecule has 0 bridgehead atoms. The molecule has 1 fully saturated rings. The summed E-state index contributed by atoms with van der Waals surface area (Å²) in [7, 11) is 0. The van der Waals surface area contributed by atoms with E-state index in [1.165, 1.54) is 6.08 Å². The van der Waals surface area contributed by atoms with Crippen LogP contribution in [0.15, 0.2) is 25.3 Å². The van der Waals surface area contributed by atoms with Crippen LogP contribution in [0.25, 0.3) is 0 Å². The highest BCUT2D eigenvalue weighted by Gasteiger charge is 2.35. The summed E-state index contributed by atoms with van der Waals surface area (Å²) in [5.41, 5.74) is 0. The van der Waals surface area contributed by atoms with E-state index in [2.05, 4.69) is 13.2 Å². The Hall–Kier alpha value is -1.09. The zero-order chi connectivity index (χ0) is 8.27. The van der Waals surface area contributed by atoms with Crippen LogP contribution in [0.4, 0.5) is 0 Å². The third-order valence-electron chi connectivity index (χ3n) is 1.45. The molecule has 0 aromatic carbocycles. The van der Waals surface area contributed by atoms with Gasteiger partial charge in [-0.25, -0.2) is 4.79 Å². The van der Waals surface area contributed by atoms with E-state index in [0.29, 0.717) is 0 Å². The standard InChI is InChI=1S/C8H11NO2/c1-3-5-9-6-7(9)11-8(10)4-2/h3-4,7H,1-2,5-6H2. The Kier molecular flexibility index (Phi) is 2.44. The van der Waals surface area contributed by atoms with Gasteiger partial charge in [-0.1, -0.05) is 12.7 Å². The summed E-state index contributed by atoms with van der Waals surface area (Å²) in [4.78, 5) is 12.6. The predicted molar refractivity (Wildman–Crippen MR) is 41.8 cm³/mol. The minimum Gasteiger partial charge on any atom is -0.442 e. The summed E-state index contributed by atoms with van der Waals surface area (Å²) in [6, 6.07) is 0. The lowest BCUT2D eigenvalue weighted by Crippen LogP contribution is -2.09. The summed E-state index contributed by atoms with van der Waals surface area (Å²) >= 11 is 0. The Morgan fingerprint density at radius 2 is 2.45 bits per heavy atom. The van der Waals surface area contributed by atoms with E-state index >= 15 is 0 Å². The third-order valence-corrected chi connectivity index (χ3v) is 1.45. The van der Waals surface area contributed by atoms with Crippen molar-refractivity contribution in [2.45, 2.75) is 6.23 Å². The van der Waals surface area contributed by atoms with E-state index in [0.717, 1.165) is 13.1 Å². The van der Waals surface area contributed by atoms with Crippen LogP contribution in [-0.4, -0.2) is 30.2 Å². The molecule has 0 aliphatic carbocycles. The van der Waals surface area contributed by atoms with Gasteiger partial charge in [0.15, 0.2) is 6.23 Å². The van der Waals surface area contributed by atoms with Gasteiger partial charge < -0.3 is 4.74 Å². The summed E-state index contributed by atoms with van der Waals surface area (Å²) in [6.45, 7) is 8.46. The van der Waals surface area contributed by atoms with Crippen LogP contribution in [-0.2, 0) is 9.53 Å². The molecule has 0 saturated carbocycles. The van der Waals surface area contributed by atoms with Crippen molar-refractivity contribution in [2.75, 3.05) is 13.1 Å². The molecule has 0 aromatic rings. The van der Waals surface area contributed by atoms with Crippen molar-refractivity contribution in [2.24, 2.45) is 0 Å². The van der Waals surface area contributed by atoms with Gasteiger partial charge in [-0.15, -0.1) is 6.58 Å². The Labute approximate surface area is 65.9 Å². The summed E-state index contributed by atoms with van der Waals surface area (Å²) < 4.78 is 4.90. The molecular weight excluding hydrogens is 142 g/mol. The summed E-state index contributed by atoms with van der Waals surface area (Å²) in [6.07, 6.45) is 2.91. The number of carbonyl (C=O) groups excluding carboxylic acids is 1. The van der Waals surface area contributed by atoms with Crippen LogP contribution in [0.5, 0.6) is 0 Å². The maximum absolute atomic E-state index is 10.6. The first-order chi connectivity index (χ1) is 5.27. The first kappa shape index (κ1) is 8.01. The van der Waals surface area contributed by atoms with Crippen molar-refractivity contribution < 1.29 is 9.53 Å². The molecule has 1 aliphatic rings. The van der Waals surface area contributed by atoms with Gasteiger partial charge in [0.05, 0.1) is 6.54 Å². The minimum absolute atomic E-state index is 0.0431. The molecule has 0 spiro atoms. The average molecular weight is 153 g/mol. The molecule has 60 valence electrons. The molecule has 0 aromatic heterocycles. The lowest BCUT2D eigenvalue weighted by molar-refractivity contribution is -0.140. The van der Waals surface area contributed by atoms with Gasteiger partial charge >= 0.3 is 5.97 Å². The third kappa shape index (κ3) is 2.20. The monoisotopic (exact) mass is 153 g/mol. The molecule has 3 nitrogen and oxygen atoms in total. The normalized spacial score (nSPS) is 27.3. The quantitative estimate of drug-likeness (QED) is 0.255. The predicted octanol–water partition coefficient (Wildman–Crippen LogP) is 0.543. The maximum Gasteiger partial charge on any atom is 0.331 e. The number of carbonyl (C=O) groups is 1. The van der Waals surface area contributed by atoms with Gasteiger partial charge in [-0.2, -0.15) is 0 Å². The van der Waals surface area contributed by atoms with Gasteiger partial charge in [-0.3, -0.25) is 4.90 Å². The second-order valence-corrected chi connectivity index (χ2v) is 2.34. The fourth-order valence-electron chi connectivity index (χ4n) is 0.805. The van der Waals surface area contributed by atoms with Crippen LogP contribution in [0, 0.1) is 0 Å². The van der Waals surface area contributed by atoms with Crippen LogP contribution in [0.3, 0.4) is 0 Å². The molecule has 0 amide bonds. The fraction of sp³-hybridized carbons (Fsp3) is 0.375. The molecule has 1 saturated heterocycles. The number of ether oxygens (including phenoxy) is 1. The molecule has 1 aliphatic heterocycles. The molecule has 0 radical (unpaired) electrons. The Morgan fingerprint density at radius 1 is 1.73 bits per heavy atom. The lowest BCUT2D eigenvalue weighted by atomic mass is 10.6. The smallest absolute Gasteiger partial charge is 0.331 e. The number of hydrogen-bond donors (Lipinski definition) is 0. The van der Waals surface area contributed by atoms with E-state index in [4.69, 9.17) is 4.74 Å². The highest BCUT2D eigenvalue weighted by Crippen LogP contribution is 2.17. The second kappa shape index (κ2) is 3.34. The summed E-state index contributed by atoms with van der Waals surface area (Å²) in [5.74, 6) is -0.360.